The van der Waals surface area contributed by atoms with Crippen molar-refractivity contribution in [1.29, 1.82) is 0 Å². The Morgan fingerprint density at radius 1 is 1.25 bits per heavy atom. The van der Waals surface area contributed by atoms with Gasteiger partial charge in [-0.05, 0) is 29.2 Å². The van der Waals surface area contributed by atoms with Gasteiger partial charge in [-0.2, -0.15) is 0 Å². The molecule has 0 radical (unpaired) electrons. The minimum Gasteiger partial charge on any atom is -0.224 e. The number of hydrogen-bond donors (Lipinski definition) is 0. The lowest BCUT2D eigenvalue weighted by molar-refractivity contribution is 0.520. The maximum absolute atomic E-state index is 13.6. The molecule has 0 saturated carbocycles. The predicted octanol–water partition coefficient (Wildman–Crippen LogP) is 2.92. The SMILES string of the molecule is CCS(=O)(=O)c1ccc(F)c(C(C)(C)C)c1. The molecule has 1 aromatic carbocycles. The topological polar surface area (TPSA) is 34.1 Å². The third kappa shape index (κ3) is 2.61. The van der Waals surface area contributed by atoms with Crippen LogP contribution in [0.5, 0.6) is 0 Å². The largest absolute Gasteiger partial charge is 0.224 e. The van der Waals surface area contributed by atoms with Gasteiger partial charge in [0.2, 0.25) is 0 Å². The fraction of sp³-hybridized carbons (Fsp3) is 0.500. The Balaban J connectivity index is 3.40. The highest BCUT2D eigenvalue weighted by atomic mass is 32.2. The van der Waals surface area contributed by atoms with E-state index in [1.54, 1.807) is 6.92 Å². The van der Waals surface area contributed by atoms with Crippen molar-refractivity contribution in [3.8, 4) is 0 Å². The highest BCUT2D eigenvalue weighted by Gasteiger charge is 2.21. The molecular weight excluding hydrogens is 227 g/mol. The van der Waals surface area contributed by atoms with Gasteiger partial charge in [-0.3, -0.25) is 0 Å². The van der Waals surface area contributed by atoms with Crippen molar-refractivity contribution in [1.82, 2.24) is 0 Å². The van der Waals surface area contributed by atoms with Gasteiger partial charge < -0.3 is 0 Å². The quantitative estimate of drug-likeness (QED) is 0.750. The molecule has 0 unspecified atom stereocenters. The van der Waals surface area contributed by atoms with E-state index in [0.717, 1.165) is 0 Å². The van der Waals surface area contributed by atoms with Crippen LogP contribution in [0.1, 0.15) is 33.3 Å². The molecule has 0 amide bonds. The van der Waals surface area contributed by atoms with E-state index >= 15 is 0 Å². The van der Waals surface area contributed by atoms with Crippen LogP contribution in [0.15, 0.2) is 23.1 Å². The zero-order chi connectivity index (χ0) is 12.6. The van der Waals surface area contributed by atoms with Crippen LogP contribution in [0.4, 0.5) is 4.39 Å². The van der Waals surface area contributed by atoms with Crippen LogP contribution in [0.3, 0.4) is 0 Å². The maximum atomic E-state index is 13.6. The zero-order valence-electron chi connectivity index (χ0n) is 10.0. The van der Waals surface area contributed by atoms with E-state index in [4.69, 9.17) is 0 Å². The molecule has 0 fully saturated rings. The molecule has 0 saturated heterocycles. The lowest BCUT2D eigenvalue weighted by Gasteiger charge is -2.20. The molecule has 0 aliphatic rings. The van der Waals surface area contributed by atoms with E-state index < -0.39 is 15.3 Å². The second-order valence-electron chi connectivity index (χ2n) is 4.80. The fourth-order valence-electron chi connectivity index (χ4n) is 1.44. The van der Waals surface area contributed by atoms with E-state index in [0.29, 0.717) is 5.56 Å². The molecule has 0 aliphatic heterocycles. The normalized spacial score (nSPS) is 12.8. The van der Waals surface area contributed by atoms with Crippen molar-refractivity contribution in [3.05, 3.63) is 29.6 Å². The van der Waals surface area contributed by atoms with Crippen molar-refractivity contribution in [2.45, 2.75) is 38.0 Å². The summed E-state index contributed by atoms with van der Waals surface area (Å²) in [4.78, 5) is 0.196. The van der Waals surface area contributed by atoms with Gasteiger partial charge in [0.25, 0.3) is 0 Å². The molecular formula is C12H17FO2S. The monoisotopic (exact) mass is 244 g/mol. The summed E-state index contributed by atoms with van der Waals surface area (Å²) in [6, 6.07) is 3.99. The van der Waals surface area contributed by atoms with Gasteiger partial charge in [0.15, 0.2) is 9.84 Å². The fourth-order valence-corrected chi connectivity index (χ4v) is 2.35. The van der Waals surface area contributed by atoms with Gasteiger partial charge in [0, 0.05) is 0 Å². The average molecular weight is 244 g/mol. The van der Waals surface area contributed by atoms with E-state index in [-0.39, 0.29) is 16.5 Å². The molecule has 0 spiro atoms. The first-order valence-corrected chi connectivity index (χ1v) is 6.86. The number of hydrogen-bond acceptors (Lipinski definition) is 2. The Morgan fingerprint density at radius 2 is 1.81 bits per heavy atom. The molecule has 0 atom stereocenters. The smallest absolute Gasteiger partial charge is 0.178 e. The van der Waals surface area contributed by atoms with E-state index in [1.807, 2.05) is 20.8 Å². The third-order valence-corrected chi connectivity index (χ3v) is 4.22. The third-order valence-electron chi connectivity index (χ3n) is 2.48. The average Bonchev–Trinajstić information content (AvgIpc) is 2.16. The van der Waals surface area contributed by atoms with Gasteiger partial charge in [0.1, 0.15) is 5.82 Å². The summed E-state index contributed by atoms with van der Waals surface area (Å²) in [7, 11) is -3.26. The van der Waals surface area contributed by atoms with Crippen LogP contribution in [0.2, 0.25) is 0 Å². The molecule has 16 heavy (non-hydrogen) atoms. The van der Waals surface area contributed by atoms with Crippen molar-refractivity contribution in [2.75, 3.05) is 5.75 Å². The number of halogens is 1. The maximum Gasteiger partial charge on any atom is 0.178 e. The van der Waals surface area contributed by atoms with Crippen LogP contribution < -0.4 is 0 Å². The molecule has 0 N–H and O–H groups in total. The minimum atomic E-state index is -3.26. The molecule has 90 valence electrons. The summed E-state index contributed by atoms with van der Waals surface area (Å²) in [5.74, 6) is -0.329. The molecule has 0 aliphatic carbocycles. The van der Waals surface area contributed by atoms with Gasteiger partial charge >= 0.3 is 0 Å². The van der Waals surface area contributed by atoms with Crippen LogP contribution in [0, 0.1) is 5.82 Å². The first kappa shape index (κ1) is 13.2. The Hall–Kier alpha value is -0.900. The van der Waals surface area contributed by atoms with Gasteiger partial charge in [-0.25, -0.2) is 12.8 Å². The summed E-state index contributed by atoms with van der Waals surface area (Å²) in [5, 5.41) is 0. The van der Waals surface area contributed by atoms with Crippen LogP contribution in [-0.2, 0) is 15.3 Å². The van der Waals surface area contributed by atoms with Crippen molar-refractivity contribution in [2.24, 2.45) is 0 Å². The Labute approximate surface area is 96.4 Å². The van der Waals surface area contributed by atoms with Crippen molar-refractivity contribution in [3.63, 3.8) is 0 Å². The molecule has 4 heteroatoms. The summed E-state index contributed by atoms with van der Waals surface area (Å²) in [6.07, 6.45) is 0. The van der Waals surface area contributed by atoms with Gasteiger partial charge in [-0.15, -0.1) is 0 Å². The highest BCUT2D eigenvalue weighted by Crippen LogP contribution is 2.27. The second-order valence-corrected chi connectivity index (χ2v) is 7.07. The summed E-state index contributed by atoms with van der Waals surface area (Å²) in [6.45, 7) is 7.14. The summed E-state index contributed by atoms with van der Waals surface area (Å²) < 4.78 is 36.9. The molecule has 1 aromatic rings. The highest BCUT2D eigenvalue weighted by molar-refractivity contribution is 7.91. The number of benzene rings is 1. The van der Waals surface area contributed by atoms with Gasteiger partial charge in [0.05, 0.1) is 10.6 Å². The van der Waals surface area contributed by atoms with E-state index in [9.17, 15) is 12.8 Å². The standard InChI is InChI=1S/C12H17FO2S/c1-5-16(14,15)9-6-7-11(13)10(8-9)12(2,3)4/h6-8H,5H2,1-4H3. The minimum absolute atomic E-state index is 0.0300. The van der Waals surface area contributed by atoms with Crippen LogP contribution in [0.25, 0.3) is 0 Å². The van der Waals surface area contributed by atoms with E-state index in [2.05, 4.69) is 0 Å². The van der Waals surface area contributed by atoms with Crippen molar-refractivity contribution < 1.29 is 12.8 Å². The molecule has 2 nitrogen and oxygen atoms in total. The lowest BCUT2D eigenvalue weighted by atomic mass is 9.87. The van der Waals surface area contributed by atoms with Crippen molar-refractivity contribution >= 4 is 9.84 Å². The Morgan fingerprint density at radius 3 is 2.25 bits per heavy atom. The summed E-state index contributed by atoms with van der Waals surface area (Å²) in [5.41, 5.74) is 0.0330. The van der Waals surface area contributed by atoms with Crippen LogP contribution in [-0.4, -0.2) is 14.2 Å². The number of rotatable bonds is 2. The molecule has 0 bridgehead atoms. The molecule has 1 rings (SSSR count). The van der Waals surface area contributed by atoms with Crippen LogP contribution >= 0.6 is 0 Å². The second kappa shape index (κ2) is 4.17. The lowest BCUT2D eigenvalue weighted by Crippen LogP contribution is -2.15. The number of sulfone groups is 1. The Bertz CT molecular complexity index is 484. The van der Waals surface area contributed by atoms with E-state index in [1.165, 1.54) is 18.2 Å². The van der Waals surface area contributed by atoms with Gasteiger partial charge in [-0.1, -0.05) is 27.7 Å². The predicted molar refractivity (Wildman–Crippen MR) is 62.8 cm³/mol. The summed E-state index contributed by atoms with van der Waals surface area (Å²) >= 11 is 0. The molecule has 0 aromatic heterocycles. The zero-order valence-corrected chi connectivity index (χ0v) is 10.9. The first-order chi connectivity index (χ1) is 7.18. The molecule has 0 heterocycles. The first-order valence-electron chi connectivity index (χ1n) is 5.21. The Kier molecular flexibility index (Phi) is 3.43.